The van der Waals surface area contributed by atoms with Crippen LogP contribution in [0.2, 0.25) is 0 Å². The lowest BCUT2D eigenvalue weighted by atomic mass is 10.3. The van der Waals surface area contributed by atoms with Crippen LogP contribution in [0.1, 0.15) is 16.1 Å². The molecular formula is C14H15NO4S. The number of benzene rings is 1. The molecule has 5 nitrogen and oxygen atoms in total. The predicted molar refractivity (Wildman–Crippen MR) is 77.0 cm³/mol. The van der Waals surface area contributed by atoms with Crippen LogP contribution in [0.15, 0.2) is 39.8 Å². The van der Waals surface area contributed by atoms with E-state index < -0.39 is 5.97 Å². The van der Waals surface area contributed by atoms with Crippen molar-refractivity contribution in [3.8, 4) is 5.75 Å². The number of hydrogen-bond donors (Lipinski definition) is 1. The van der Waals surface area contributed by atoms with Gasteiger partial charge in [0.05, 0.1) is 26.2 Å². The maximum atomic E-state index is 11.5. The van der Waals surface area contributed by atoms with Crippen LogP contribution >= 0.6 is 11.8 Å². The second kappa shape index (κ2) is 6.38. The van der Waals surface area contributed by atoms with Crippen LogP contribution in [-0.4, -0.2) is 20.2 Å². The van der Waals surface area contributed by atoms with Gasteiger partial charge in [0.25, 0.3) is 0 Å². The molecule has 2 N–H and O–H groups in total. The molecule has 0 aliphatic heterocycles. The normalized spacial score (nSPS) is 10.3. The Morgan fingerprint density at radius 1 is 1.35 bits per heavy atom. The van der Waals surface area contributed by atoms with E-state index in [-0.39, 0.29) is 0 Å². The SMILES string of the molecule is COC(=O)c1ccoc1CSc1cc(OC)ccc1N. The summed E-state index contributed by atoms with van der Waals surface area (Å²) >= 11 is 1.47. The second-order valence-electron chi connectivity index (χ2n) is 3.94. The molecule has 0 aliphatic carbocycles. The number of methoxy groups -OCH3 is 2. The van der Waals surface area contributed by atoms with Crippen molar-refractivity contribution in [3.05, 3.63) is 41.9 Å². The van der Waals surface area contributed by atoms with E-state index in [4.69, 9.17) is 19.6 Å². The average Bonchev–Trinajstić information content (AvgIpc) is 2.94. The van der Waals surface area contributed by atoms with E-state index in [1.165, 1.54) is 25.1 Å². The van der Waals surface area contributed by atoms with Gasteiger partial charge in [0.2, 0.25) is 0 Å². The lowest BCUT2D eigenvalue weighted by molar-refractivity contribution is 0.0598. The molecule has 0 radical (unpaired) electrons. The lowest BCUT2D eigenvalue weighted by Gasteiger charge is -2.07. The summed E-state index contributed by atoms with van der Waals surface area (Å²) in [5.41, 5.74) is 7.00. The first-order chi connectivity index (χ1) is 9.65. The molecule has 0 fully saturated rings. The van der Waals surface area contributed by atoms with Gasteiger partial charge in [0.15, 0.2) is 0 Å². The number of carbonyl (C=O) groups is 1. The number of nitrogens with two attached hydrogens (primary N) is 1. The Morgan fingerprint density at radius 2 is 2.15 bits per heavy atom. The van der Waals surface area contributed by atoms with Crippen molar-refractivity contribution >= 4 is 23.4 Å². The summed E-state index contributed by atoms with van der Waals surface area (Å²) in [6.07, 6.45) is 1.47. The van der Waals surface area contributed by atoms with Crippen LogP contribution in [0.3, 0.4) is 0 Å². The van der Waals surface area contributed by atoms with Crippen LogP contribution < -0.4 is 10.5 Å². The van der Waals surface area contributed by atoms with Crippen molar-refractivity contribution in [2.75, 3.05) is 20.0 Å². The first kappa shape index (κ1) is 14.3. The smallest absolute Gasteiger partial charge is 0.341 e. The van der Waals surface area contributed by atoms with Gasteiger partial charge < -0.3 is 19.6 Å². The highest BCUT2D eigenvalue weighted by atomic mass is 32.2. The van der Waals surface area contributed by atoms with Gasteiger partial charge in [-0.25, -0.2) is 4.79 Å². The third-order valence-electron chi connectivity index (χ3n) is 2.73. The van der Waals surface area contributed by atoms with Crippen LogP contribution in [-0.2, 0) is 10.5 Å². The first-order valence-electron chi connectivity index (χ1n) is 5.86. The molecule has 0 spiro atoms. The fourth-order valence-corrected chi connectivity index (χ4v) is 2.60. The fourth-order valence-electron chi connectivity index (χ4n) is 1.65. The molecule has 0 bridgehead atoms. The molecule has 0 atom stereocenters. The average molecular weight is 293 g/mol. The number of carbonyl (C=O) groups excluding carboxylic acids is 1. The molecule has 0 amide bonds. The predicted octanol–water partition coefficient (Wildman–Crippen LogP) is 2.95. The number of anilines is 1. The highest BCUT2D eigenvalue weighted by Gasteiger charge is 2.15. The summed E-state index contributed by atoms with van der Waals surface area (Å²) in [7, 11) is 2.94. The number of ether oxygens (including phenoxy) is 2. The summed E-state index contributed by atoms with van der Waals surface area (Å²) in [6.45, 7) is 0. The molecule has 0 aliphatic rings. The molecule has 2 aromatic rings. The van der Waals surface area contributed by atoms with Crippen LogP contribution in [0.25, 0.3) is 0 Å². The van der Waals surface area contributed by atoms with E-state index in [1.807, 2.05) is 6.07 Å². The highest BCUT2D eigenvalue weighted by Crippen LogP contribution is 2.32. The molecule has 106 valence electrons. The van der Waals surface area contributed by atoms with Gasteiger partial charge in [0, 0.05) is 10.6 Å². The van der Waals surface area contributed by atoms with Gasteiger partial charge in [-0.2, -0.15) is 0 Å². The van der Waals surface area contributed by atoms with Gasteiger partial charge >= 0.3 is 5.97 Å². The highest BCUT2D eigenvalue weighted by molar-refractivity contribution is 7.98. The van der Waals surface area contributed by atoms with E-state index in [9.17, 15) is 4.79 Å². The van der Waals surface area contributed by atoms with Crippen molar-refractivity contribution in [1.82, 2.24) is 0 Å². The minimum Gasteiger partial charge on any atom is -0.497 e. The van der Waals surface area contributed by atoms with Gasteiger partial charge in [-0.15, -0.1) is 11.8 Å². The third kappa shape index (κ3) is 3.08. The van der Waals surface area contributed by atoms with Crippen molar-refractivity contribution in [2.24, 2.45) is 0 Å². The summed E-state index contributed by atoms with van der Waals surface area (Å²) < 4.78 is 15.2. The lowest BCUT2D eigenvalue weighted by Crippen LogP contribution is -2.02. The maximum absolute atomic E-state index is 11.5. The molecular weight excluding hydrogens is 278 g/mol. The Balaban J connectivity index is 2.13. The number of esters is 1. The molecule has 0 saturated carbocycles. The van der Waals surface area contributed by atoms with Crippen molar-refractivity contribution in [2.45, 2.75) is 10.6 Å². The Bertz CT molecular complexity index is 609. The number of thioether (sulfide) groups is 1. The first-order valence-corrected chi connectivity index (χ1v) is 6.85. The monoisotopic (exact) mass is 293 g/mol. The number of hydrogen-bond acceptors (Lipinski definition) is 6. The number of furan rings is 1. The minimum absolute atomic E-state index is 0.409. The summed E-state index contributed by atoms with van der Waals surface area (Å²) in [5, 5.41) is 0. The third-order valence-corrected chi connectivity index (χ3v) is 3.80. The Hall–Kier alpha value is -2.08. The largest absolute Gasteiger partial charge is 0.497 e. The summed E-state index contributed by atoms with van der Waals surface area (Å²) in [4.78, 5) is 12.4. The van der Waals surface area contributed by atoms with E-state index in [0.717, 1.165) is 10.6 Å². The zero-order valence-corrected chi connectivity index (χ0v) is 12.0. The van der Waals surface area contributed by atoms with E-state index in [0.29, 0.717) is 22.8 Å². The van der Waals surface area contributed by atoms with Crippen LogP contribution in [0, 0.1) is 0 Å². The van der Waals surface area contributed by atoms with Gasteiger partial charge in [-0.3, -0.25) is 0 Å². The molecule has 1 heterocycles. The number of rotatable bonds is 5. The number of nitrogen functional groups attached to an aromatic ring is 1. The molecule has 0 unspecified atom stereocenters. The van der Waals surface area contributed by atoms with Gasteiger partial charge in [-0.05, 0) is 24.3 Å². The fraction of sp³-hybridized carbons (Fsp3) is 0.214. The van der Waals surface area contributed by atoms with Crippen molar-refractivity contribution in [1.29, 1.82) is 0 Å². The Labute approximate surface area is 121 Å². The quantitative estimate of drug-likeness (QED) is 0.519. The topological polar surface area (TPSA) is 74.7 Å². The van der Waals surface area contributed by atoms with Gasteiger partial charge in [-0.1, -0.05) is 0 Å². The van der Waals surface area contributed by atoms with Crippen LogP contribution in [0.4, 0.5) is 5.69 Å². The minimum atomic E-state index is -0.409. The molecule has 2 rings (SSSR count). The Kier molecular flexibility index (Phi) is 4.57. The molecule has 1 aromatic heterocycles. The summed E-state index contributed by atoms with van der Waals surface area (Å²) in [5.74, 6) is 1.36. The van der Waals surface area contributed by atoms with E-state index in [1.54, 1.807) is 25.3 Å². The maximum Gasteiger partial charge on any atom is 0.341 e. The molecule has 20 heavy (non-hydrogen) atoms. The molecule has 6 heteroatoms. The van der Waals surface area contributed by atoms with E-state index in [2.05, 4.69) is 0 Å². The van der Waals surface area contributed by atoms with E-state index >= 15 is 0 Å². The van der Waals surface area contributed by atoms with Gasteiger partial charge in [0.1, 0.15) is 17.1 Å². The Morgan fingerprint density at radius 3 is 2.85 bits per heavy atom. The zero-order valence-electron chi connectivity index (χ0n) is 11.2. The second-order valence-corrected chi connectivity index (χ2v) is 4.96. The molecule has 1 aromatic carbocycles. The summed E-state index contributed by atoms with van der Waals surface area (Å²) in [6, 6.07) is 7.02. The molecule has 0 saturated heterocycles. The zero-order chi connectivity index (χ0) is 14.5. The van der Waals surface area contributed by atoms with Crippen molar-refractivity contribution in [3.63, 3.8) is 0 Å². The van der Waals surface area contributed by atoms with Crippen molar-refractivity contribution < 1.29 is 18.7 Å². The van der Waals surface area contributed by atoms with Crippen LogP contribution in [0.5, 0.6) is 5.75 Å². The standard InChI is InChI=1S/C14H15NO4S/c1-17-9-3-4-11(15)13(7-9)20-8-12-10(5-6-19-12)14(16)18-2/h3-7H,8,15H2,1-2H3.